The van der Waals surface area contributed by atoms with Gasteiger partial charge in [0.25, 0.3) is 10.0 Å². The molecule has 4 rings (SSSR count). The van der Waals surface area contributed by atoms with E-state index in [1.165, 1.54) is 12.1 Å². The molecule has 0 aliphatic rings. The molecule has 0 spiro atoms. The molecule has 0 fully saturated rings. The molecule has 7 nitrogen and oxygen atoms in total. The molecule has 2 aromatic heterocycles. The highest BCUT2D eigenvalue weighted by molar-refractivity contribution is 7.89. The lowest BCUT2D eigenvalue weighted by molar-refractivity contribution is -0.122. The van der Waals surface area contributed by atoms with Crippen LogP contribution in [0.1, 0.15) is 50.6 Å². The van der Waals surface area contributed by atoms with Crippen molar-refractivity contribution in [1.82, 2.24) is 19.5 Å². The second-order valence-corrected chi connectivity index (χ2v) is 11.0. The van der Waals surface area contributed by atoms with E-state index in [4.69, 9.17) is 0 Å². The van der Waals surface area contributed by atoms with E-state index in [9.17, 15) is 13.2 Å². The second kappa shape index (κ2) is 8.51. The molecule has 33 heavy (non-hydrogen) atoms. The molecular weight excluding hydrogens is 436 g/mol. The summed E-state index contributed by atoms with van der Waals surface area (Å²) in [7, 11) is -3.90. The molecule has 2 aromatic carbocycles. The lowest BCUT2D eigenvalue weighted by Crippen LogP contribution is -2.29. The summed E-state index contributed by atoms with van der Waals surface area (Å²) in [5, 5.41) is 8.34. The molecule has 0 radical (unpaired) electrons. The summed E-state index contributed by atoms with van der Waals surface area (Å²) in [4.78, 5) is 16.2. The molecule has 0 aliphatic heterocycles. The minimum Gasteiger partial charge on any atom is -0.361 e. The molecular formula is C25H28N4O3S. The van der Waals surface area contributed by atoms with Gasteiger partial charge in [-0.3, -0.25) is 4.79 Å². The second-order valence-electron chi connectivity index (χ2n) is 9.20. The van der Waals surface area contributed by atoms with Gasteiger partial charge in [0.05, 0.1) is 28.7 Å². The number of benzene rings is 2. The fraction of sp³-hybridized carbons (Fsp3) is 0.280. The van der Waals surface area contributed by atoms with Crippen LogP contribution in [0.4, 0.5) is 0 Å². The van der Waals surface area contributed by atoms with Gasteiger partial charge in [0.1, 0.15) is 0 Å². The van der Waals surface area contributed by atoms with Crippen LogP contribution >= 0.6 is 0 Å². The van der Waals surface area contributed by atoms with Crippen molar-refractivity contribution in [2.45, 2.75) is 50.5 Å². The largest absolute Gasteiger partial charge is 0.361 e. The number of fused-ring (bicyclic) bond motifs is 1. The molecule has 0 saturated carbocycles. The third kappa shape index (κ3) is 4.57. The Hall–Kier alpha value is -3.39. The van der Waals surface area contributed by atoms with Gasteiger partial charge in [-0.15, -0.1) is 0 Å². The van der Waals surface area contributed by atoms with E-state index >= 15 is 0 Å². The van der Waals surface area contributed by atoms with Gasteiger partial charge in [-0.25, -0.2) is 0 Å². The van der Waals surface area contributed by atoms with Crippen molar-refractivity contribution >= 4 is 26.8 Å². The van der Waals surface area contributed by atoms with Gasteiger partial charge in [-0.05, 0) is 54.3 Å². The number of rotatable bonds is 6. The van der Waals surface area contributed by atoms with Crippen molar-refractivity contribution in [2.75, 3.05) is 0 Å². The van der Waals surface area contributed by atoms with Gasteiger partial charge in [-0.1, -0.05) is 45.0 Å². The molecule has 1 amide bonds. The van der Waals surface area contributed by atoms with Crippen molar-refractivity contribution in [3.8, 4) is 0 Å². The number of H-pyrrole nitrogens is 1. The van der Waals surface area contributed by atoms with E-state index < -0.39 is 15.9 Å². The maximum Gasteiger partial charge on any atom is 0.283 e. The number of amides is 1. The van der Waals surface area contributed by atoms with Gasteiger partial charge in [0.2, 0.25) is 5.91 Å². The monoisotopic (exact) mass is 464 g/mol. The van der Waals surface area contributed by atoms with Gasteiger partial charge in [0.15, 0.2) is 0 Å². The van der Waals surface area contributed by atoms with Gasteiger partial charge >= 0.3 is 0 Å². The summed E-state index contributed by atoms with van der Waals surface area (Å²) in [6, 6.07) is 17.7. The van der Waals surface area contributed by atoms with Crippen LogP contribution in [0.3, 0.4) is 0 Å². The average Bonchev–Trinajstić information content (AvgIpc) is 3.44. The van der Waals surface area contributed by atoms with Gasteiger partial charge in [-0.2, -0.15) is 17.6 Å². The van der Waals surface area contributed by atoms with Crippen LogP contribution in [-0.4, -0.2) is 28.5 Å². The molecule has 4 aromatic rings. The van der Waals surface area contributed by atoms with E-state index in [0.717, 1.165) is 20.6 Å². The van der Waals surface area contributed by atoms with E-state index in [1.54, 1.807) is 24.3 Å². The Morgan fingerprint density at radius 3 is 2.52 bits per heavy atom. The molecule has 1 atom stereocenters. The van der Waals surface area contributed by atoms with Crippen molar-refractivity contribution in [2.24, 2.45) is 0 Å². The number of aromatic amines is 1. The summed E-state index contributed by atoms with van der Waals surface area (Å²) in [5.41, 5.74) is 2.59. The summed E-state index contributed by atoms with van der Waals surface area (Å²) in [6.45, 7) is 7.79. The van der Waals surface area contributed by atoms with Crippen LogP contribution in [0, 0.1) is 0 Å². The third-order valence-corrected chi connectivity index (χ3v) is 7.34. The summed E-state index contributed by atoms with van der Waals surface area (Å²) < 4.78 is 27.6. The maximum atomic E-state index is 13.3. The van der Waals surface area contributed by atoms with Crippen LogP contribution in [0.5, 0.6) is 0 Å². The molecule has 0 aliphatic carbocycles. The summed E-state index contributed by atoms with van der Waals surface area (Å²) in [6.07, 6.45) is 1.86. The lowest BCUT2D eigenvalue weighted by atomic mass is 9.92. The zero-order chi connectivity index (χ0) is 23.8. The standard InChI is InChI=1S/C25H28N4O3S/c1-17(18-10-11-22-19(14-18)12-13-26-22)24(30)27-16-20-15-23(25(2,3)4)28-29(20)33(31,32)21-8-6-5-7-9-21/h5-15,17,26H,16H2,1-4H3,(H,27,30). The Morgan fingerprint density at radius 1 is 1.09 bits per heavy atom. The minimum absolute atomic E-state index is 0.0463. The topological polar surface area (TPSA) is 96.8 Å². The number of hydrogen-bond acceptors (Lipinski definition) is 4. The lowest BCUT2D eigenvalue weighted by Gasteiger charge is -2.14. The number of carbonyl (C=O) groups excluding carboxylic acids is 1. The zero-order valence-electron chi connectivity index (χ0n) is 19.2. The number of nitrogens with zero attached hydrogens (tertiary/aromatic N) is 2. The van der Waals surface area contributed by atoms with Crippen molar-refractivity contribution in [3.63, 3.8) is 0 Å². The van der Waals surface area contributed by atoms with Gasteiger partial charge < -0.3 is 10.3 Å². The fourth-order valence-electron chi connectivity index (χ4n) is 3.61. The van der Waals surface area contributed by atoms with E-state index in [1.807, 2.05) is 58.2 Å². The Balaban J connectivity index is 1.60. The first-order valence-electron chi connectivity index (χ1n) is 10.8. The minimum atomic E-state index is -3.90. The molecule has 1 unspecified atom stereocenters. The van der Waals surface area contributed by atoms with Crippen LogP contribution in [-0.2, 0) is 26.8 Å². The predicted molar refractivity (Wildman–Crippen MR) is 129 cm³/mol. The van der Waals surface area contributed by atoms with Crippen LogP contribution in [0.2, 0.25) is 0 Å². The molecule has 0 saturated heterocycles. The Labute approximate surface area is 193 Å². The molecule has 8 heteroatoms. The maximum absolute atomic E-state index is 13.3. The van der Waals surface area contributed by atoms with Crippen molar-refractivity contribution in [3.05, 3.63) is 83.8 Å². The van der Waals surface area contributed by atoms with Gasteiger partial charge in [0, 0.05) is 17.1 Å². The van der Waals surface area contributed by atoms with Crippen LogP contribution < -0.4 is 5.32 Å². The SMILES string of the molecule is CC(C(=O)NCc1cc(C(C)(C)C)nn1S(=O)(=O)c1ccccc1)c1ccc2[nH]ccc2c1. The predicted octanol–water partition coefficient (Wildman–Crippen LogP) is 4.32. The third-order valence-electron chi connectivity index (χ3n) is 5.70. The van der Waals surface area contributed by atoms with Crippen molar-refractivity contribution in [1.29, 1.82) is 0 Å². The fourth-order valence-corrected chi connectivity index (χ4v) is 4.94. The quantitative estimate of drug-likeness (QED) is 0.444. The molecule has 2 heterocycles. The van der Waals surface area contributed by atoms with E-state index in [-0.39, 0.29) is 22.8 Å². The molecule has 2 N–H and O–H groups in total. The van der Waals surface area contributed by atoms with E-state index in [0.29, 0.717) is 11.4 Å². The first kappa shape index (κ1) is 22.8. The summed E-state index contributed by atoms with van der Waals surface area (Å²) in [5.74, 6) is -0.583. The first-order chi connectivity index (χ1) is 15.6. The Morgan fingerprint density at radius 2 is 1.82 bits per heavy atom. The molecule has 172 valence electrons. The Bertz CT molecular complexity index is 1400. The number of nitrogens with one attached hydrogen (secondary N) is 2. The van der Waals surface area contributed by atoms with E-state index in [2.05, 4.69) is 15.4 Å². The summed E-state index contributed by atoms with van der Waals surface area (Å²) >= 11 is 0. The smallest absolute Gasteiger partial charge is 0.283 e. The number of carbonyl (C=O) groups is 1. The number of hydrogen-bond donors (Lipinski definition) is 2. The van der Waals surface area contributed by atoms with Crippen LogP contribution in [0.25, 0.3) is 10.9 Å². The highest BCUT2D eigenvalue weighted by Gasteiger charge is 2.27. The highest BCUT2D eigenvalue weighted by atomic mass is 32.2. The normalized spacial score (nSPS) is 13.2. The Kier molecular flexibility index (Phi) is 5.88. The van der Waals surface area contributed by atoms with Crippen LogP contribution in [0.15, 0.2) is 71.8 Å². The average molecular weight is 465 g/mol. The first-order valence-corrected chi connectivity index (χ1v) is 12.3. The zero-order valence-corrected chi connectivity index (χ0v) is 20.0. The van der Waals surface area contributed by atoms with Crippen molar-refractivity contribution < 1.29 is 13.2 Å². The number of aromatic nitrogens is 3. The molecule has 0 bridgehead atoms. The highest BCUT2D eigenvalue weighted by Crippen LogP contribution is 2.25.